The molecular weight excluding hydrogens is 282 g/mol. The Morgan fingerprint density at radius 3 is 2.50 bits per heavy atom. The molecule has 1 aromatic rings. The summed E-state index contributed by atoms with van der Waals surface area (Å²) in [5, 5.41) is 9.65. The standard InChI is InChI=1S/C13H17NO5S/c1-9-3-5-11(6-4-9)20(17,18)14-8-10(15)7-12(14)13(16)19-2/h3-6,10,12,15H,7-8H2,1-2H3/t10?,12-/m0/s1. The predicted molar refractivity (Wildman–Crippen MR) is 71.5 cm³/mol. The molecule has 0 bridgehead atoms. The van der Waals surface area contributed by atoms with E-state index in [1.54, 1.807) is 12.1 Å². The quantitative estimate of drug-likeness (QED) is 0.811. The molecule has 1 aliphatic rings. The van der Waals surface area contributed by atoms with E-state index in [0.29, 0.717) is 0 Å². The van der Waals surface area contributed by atoms with Crippen LogP contribution in [0.4, 0.5) is 0 Å². The number of aliphatic hydroxyl groups is 1. The van der Waals surface area contributed by atoms with Crippen molar-refractivity contribution in [3.8, 4) is 0 Å². The van der Waals surface area contributed by atoms with Gasteiger partial charge in [0.25, 0.3) is 0 Å². The lowest BCUT2D eigenvalue weighted by molar-refractivity contribution is -0.144. The number of ether oxygens (including phenoxy) is 1. The van der Waals surface area contributed by atoms with Crippen LogP contribution >= 0.6 is 0 Å². The number of benzene rings is 1. The zero-order chi connectivity index (χ0) is 14.9. The maximum Gasteiger partial charge on any atom is 0.324 e. The van der Waals surface area contributed by atoms with Gasteiger partial charge in [-0.1, -0.05) is 17.7 Å². The molecule has 1 aliphatic heterocycles. The highest BCUT2D eigenvalue weighted by atomic mass is 32.2. The van der Waals surface area contributed by atoms with Crippen molar-refractivity contribution in [2.45, 2.75) is 30.4 Å². The van der Waals surface area contributed by atoms with Gasteiger partial charge in [-0.2, -0.15) is 4.31 Å². The van der Waals surface area contributed by atoms with Crippen LogP contribution in [0, 0.1) is 6.92 Å². The van der Waals surface area contributed by atoms with Crippen LogP contribution in [0.5, 0.6) is 0 Å². The third kappa shape index (κ3) is 2.70. The average Bonchev–Trinajstić information content (AvgIpc) is 2.81. The topological polar surface area (TPSA) is 83.9 Å². The minimum absolute atomic E-state index is 0.0533. The predicted octanol–water partition coefficient (Wildman–Crippen LogP) is 0.292. The molecule has 7 heteroatoms. The molecule has 0 spiro atoms. The Morgan fingerprint density at radius 2 is 1.95 bits per heavy atom. The Hall–Kier alpha value is -1.44. The number of aliphatic hydroxyl groups excluding tert-OH is 1. The van der Waals surface area contributed by atoms with Gasteiger partial charge in [0, 0.05) is 13.0 Å². The highest BCUT2D eigenvalue weighted by molar-refractivity contribution is 7.89. The Morgan fingerprint density at radius 1 is 1.35 bits per heavy atom. The molecule has 0 amide bonds. The summed E-state index contributed by atoms with van der Waals surface area (Å²) in [6.07, 6.45) is -0.808. The number of hydrogen-bond acceptors (Lipinski definition) is 5. The van der Waals surface area contributed by atoms with Gasteiger partial charge in [-0.25, -0.2) is 8.42 Å². The SMILES string of the molecule is COC(=O)[C@@H]1CC(O)CN1S(=O)(=O)c1ccc(C)cc1. The molecule has 1 saturated heterocycles. The van der Waals surface area contributed by atoms with Crippen molar-refractivity contribution in [2.24, 2.45) is 0 Å². The number of hydrogen-bond donors (Lipinski definition) is 1. The van der Waals surface area contributed by atoms with Crippen LogP contribution in [0.1, 0.15) is 12.0 Å². The van der Waals surface area contributed by atoms with E-state index in [1.165, 1.54) is 19.2 Å². The molecule has 20 heavy (non-hydrogen) atoms. The second kappa shape index (κ2) is 5.51. The average molecular weight is 299 g/mol. The van der Waals surface area contributed by atoms with Gasteiger partial charge >= 0.3 is 5.97 Å². The first-order chi connectivity index (χ1) is 9.36. The number of β-amino-alcohol motifs (C(OH)–C–C–N with tert-alkyl or cyclic N) is 1. The number of carbonyl (C=O) groups excluding carboxylic acids is 1. The lowest BCUT2D eigenvalue weighted by Crippen LogP contribution is -2.41. The van der Waals surface area contributed by atoms with E-state index in [0.717, 1.165) is 9.87 Å². The van der Waals surface area contributed by atoms with E-state index >= 15 is 0 Å². The number of carbonyl (C=O) groups is 1. The molecule has 1 unspecified atom stereocenters. The molecular formula is C13H17NO5S. The second-order valence-corrected chi connectivity index (χ2v) is 6.71. The van der Waals surface area contributed by atoms with Crippen molar-refractivity contribution in [1.29, 1.82) is 0 Å². The van der Waals surface area contributed by atoms with Crippen molar-refractivity contribution in [3.63, 3.8) is 0 Å². The summed E-state index contributed by atoms with van der Waals surface area (Å²) in [6, 6.07) is 5.38. The number of aryl methyl sites for hydroxylation is 1. The number of esters is 1. The molecule has 110 valence electrons. The largest absolute Gasteiger partial charge is 0.468 e. The summed E-state index contributed by atoms with van der Waals surface area (Å²) in [6.45, 7) is 1.75. The molecule has 2 rings (SSSR count). The minimum Gasteiger partial charge on any atom is -0.468 e. The van der Waals surface area contributed by atoms with Gasteiger partial charge in [-0.3, -0.25) is 4.79 Å². The fraction of sp³-hybridized carbons (Fsp3) is 0.462. The first-order valence-corrected chi connectivity index (χ1v) is 7.64. The summed E-state index contributed by atoms with van der Waals surface area (Å²) in [4.78, 5) is 11.8. The number of nitrogens with zero attached hydrogens (tertiary/aromatic N) is 1. The molecule has 2 atom stereocenters. The molecule has 0 aliphatic carbocycles. The third-order valence-corrected chi connectivity index (χ3v) is 5.22. The van der Waals surface area contributed by atoms with Gasteiger partial charge in [-0.05, 0) is 19.1 Å². The van der Waals surface area contributed by atoms with Crippen molar-refractivity contribution in [3.05, 3.63) is 29.8 Å². The summed E-state index contributed by atoms with van der Waals surface area (Å²) in [7, 11) is -2.62. The lowest BCUT2D eigenvalue weighted by Gasteiger charge is -2.21. The molecule has 0 radical (unpaired) electrons. The molecule has 1 N–H and O–H groups in total. The van der Waals surface area contributed by atoms with Gasteiger partial charge in [0.1, 0.15) is 6.04 Å². The Kier molecular flexibility index (Phi) is 4.12. The molecule has 0 saturated carbocycles. The summed E-state index contributed by atoms with van der Waals surface area (Å²) in [5.74, 6) is -0.655. The van der Waals surface area contributed by atoms with Crippen LogP contribution in [0.2, 0.25) is 0 Å². The van der Waals surface area contributed by atoms with Crippen LogP contribution in [0.25, 0.3) is 0 Å². The second-order valence-electron chi connectivity index (χ2n) is 4.82. The highest BCUT2D eigenvalue weighted by Crippen LogP contribution is 2.27. The normalized spacial score (nSPS) is 23.8. The van der Waals surface area contributed by atoms with Crippen LogP contribution in [-0.2, 0) is 19.6 Å². The van der Waals surface area contributed by atoms with Crippen LogP contribution < -0.4 is 0 Å². The Labute approximate surface area is 118 Å². The van der Waals surface area contributed by atoms with Gasteiger partial charge in [0.15, 0.2) is 0 Å². The first kappa shape index (κ1) is 15.0. The van der Waals surface area contributed by atoms with Crippen LogP contribution in [-0.4, -0.2) is 49.6 Å². The number of rotatable bonds is 3. The Balaban J connectivity index is 2.37. The fourth-order valence-corrected chi connectivity index (χ4v) is 3.87. The molecule has 1 aromatic carbocycles. The van der Waals surface area contributed by atoms with E-state index in [2.05, 4.69) is 4.74 Å². The summed E-state index contributed by atoms with van der Waals surface area (Å²) in [5.41, 5.74) is 0.940. The zero-order valence-corrected chi connectivity index (χ0v) is 12.1. The number of sulfonamides is 1. The monoisotopic (exact) mass is 299 g/mol. The Bertz CT molecular complexity index is 596. The first-order valence-electron chi connectivity index (χ1n) is 6.20. The van der Waals surface area contributed by atoms with E-state index in [1.807, 2.05) is 6.92 Å². The molecule has 6 nitrogen and oxygen atoms in total. The van der Waals surface area contributed by atoms with Crippen LogP contribution in [0.3, 0.4) is 0 Å². The van der Waals surface area contributed by atoms with Gasteiger partial charge < -0.3 is 9.84 Å². The van der Waals surface area contributed by atoms with Gasteiger partial charge in [-0.15, -0.1) is 0 Å². The van der Waals surface area contributed by atoms with E-state index in [9.17, 15) is 18.3 Å². The van der Waals surface area contributed by atoms with Crippen molar-refractivity contribution in [1.82, 2.24) is 4.31 Å². The summed E-state index contributed by atoms with van der Waals surface area (Å²) < 4.78 is 30.7. The number of methoxy groups -OCH3 is 1. The highest BCUT2D eigenvalue weighted by Gasteiger charge is 2.44. The lowest BCUT2D eigenvalue weighted by atomic mass is 10.2. The van der Waals surface area contributed by atoms with Crippen LogP contribution in [0.15, 0.2) is 29.2 Å². The summed E-state index contributed by atoms with van der Waals surface area (Å²) >= 11 is 0. The van der Waals surface area contributed by atoms with Gasteiger partial charge in [0.05, 0.1) is 18.1 Å². The fourth-order valence-electron chi connectivity index (χ4n) is 2.25. The zero-order valence-electron chi connectivity index (χ0n) is 11.3. The van der Waals surface area contributed by atoms with Crippen molar-refractivity contribution in [2.75, 3.05) is 13.7 Å². The van der Waals surface area contributed by atoms with E-state index < -0.39 is 28.1 Å². The van der Waals surface area contributed by atoms with E-state index in [4.69, 9.17) is 0 Å². The van der Waals surface area contributed by atoms with E-state index in [-0.39, 0.29) is 17.9 Å². The van der Waals surface area contributed by atoms with Crippen molar-refractivity contribution < 1.29 is 23.1 Å². The van der Waals surface area contributed by atoms with Crippen molar-refractivity contribution >= 4 is 16.0 Å². The smallest absolute Gasteiger partial charge is 0.324 e. The molecule has 0 aromatic heterocycles. The molecule has 1 fully saturated rings. The molecule has 1 heterocycles. The van der Waals surface area contributed by atoms with Gasteiger partial charge in [0.2, 0.25) is 10.0 Å². The maximum atomic E-state index is 12.5. The maximum absolute atomic E-state index is 12.5. The minimum atomic E-state index is -3.82. The third-order valence-electron chi connectivity index (χ3n) is 3.33.